The van der Waals surface area contributed by atoms with Gasteiger partial charge in [0.1, 0.15) is 10.8 Å². The monoisotopic (exact) mass is 391 g/mol. The van der Waals surface area contributed by atoms with E-state index in [1.807, 2.05) is 0 Å². The predicted molar refractivity (Wildman–Crippen MR) is 95.7 cm³/mol. The van der Waals surface area contributed by atoms with Crippen LogP contribution in [0.3, 0.4) is 0 Å². The van der Waals surface area contributed by atoms with Crippen molar-refractivity contribution in [3.8, 4) is 10.6 Å². The number of pyridine rings is 1. The number of esters is 1. The van der Waals surface area contributed by atoms with E-state index in [0.717, 1.165) is 0 Å². The van der Waals surface area contributed by atoms with Gasteiger partial charge in [-0.25, -0.2) is 19.2 Å². The van der Waals surface area contributed by atoms with Crippen molar-refractivity contribution in [3.05, 3.63) is 64.6 Å². The SMILES string of the molecule is O=C(COC(=O)c1csc(-c2ccc(F)cc2)n1)Nc1cccnc1Cl. The normalized spacial score (nSPS) is 10.4. The molecule has 0 aliphatic carbocycles. The highest BCUT2D eigenvalue weighted by Crippen LogP contribution is 2.24. The van der Waals surface area contributed by atoms with E-state index < -0.39 is 18.5 Å². The molecule has 0 fully saturated rings. The van der Waals surface area contributed by atoms with E-state index in [-0.39, 0.29) is 16.7 Å². The molecule has 3 rings (SSSR count). The standard InChI is InChI=1S/C17H11ClFN3O3S/c18-15-12(2-1-7-20-15)21-14(23)8-25-17(24)13-9-26-16(22-13)10-3-5-11(19)6-4-10/h1-7,9H,8H2,(H,21,23). The van der Waals surface area contributed by atoms with Gasteiger partial charge in [0.2, 0.25) is 0 Å². The van der Waals surface area contributed by atoms with Crippen molar-refractivity contribution in [2.24, 2.45) is 0 Å². The van der Waals surface area contributed by atoms with Crippen molar-refractivity contribution in [1.29, 1.82) is 0 Å². The number of nitrogens with zero attached hydrogens (tertiary/aromatic N) is 2. The van der Waals surface area contributed by atoms with E-state index in [1.165, 1.54) is 35.0 Å². The van der Waals surface area contributed by atoms with Gasteiger partial charge in [0.05, 0.1) is 5.69 Å². The quantitative estimate of drug-likeness (QED) is 0.528. The summed E-state index contributed by atoms with van der Waals surface area (Å²) >= 11 is 7.05. The number of thiazole rings is 1. The summed E-state index contributed by atoms with van der Waals surface area (Å²) in [6.07, 6.45) is 1.49. The molecule has 0 saturated carbocycles. The number of hydrogen-bond acceptors (Lipinski definition) is 6. The number of halogens is 2. The van der Waals surface area contributed by atoms with Crippen LogP contribution in [0.1, 0.15) is 10.5 Å². The molecule has 9 heteroatoms. The molecule has 0 bridgehead atoms. The summed E-state index contributed by atoms with van der Waals surface area (Å²) in [5.74, 6) is -1.64. The molecule has 6 nitrogen and oxygen atoms in total. The third-order valence-electron chi connectivity index (χ3n) is 3.17. The van der Waals surface area contributed by atoms with Gasteiger partial charge in [0.15, 0.2) is 17.5 Å². The molecule has 132 valence electrons. The van der Waals surface area contributed by atoms with Crippen LogP contribution >= 0.6 is 22.9 Å². The molecule has 1 aromatic carbocycles. The zero-order valence-electron chi connectivity index (χ0n) is 13.1. The zero-order chi connectivity index (χ0) is 18.5. The van der Waals surface area contributed by atoms with Crippen molar-refractivity contribution in [2.75, 3.05) is 11.9 Å². The largest absolute Gasteiger partial charge is 0.451 e. The van der Waals surface area contributed by atoms with Gasteiger partial charge in [0.25, 0.3) is 5.91 Å². The smallest absolute Gasteiger partial charge is 0.358 e. The van der Waals surface area contributed by atoms with E-state index >= 15 is 0 Å². The fourth-order valence-electron chi connectivity index (χ4n) is 1.96. The molecule has 26 heavy (non-hydrogen) atoms. The predicted octanol–water partition coefficient (Wildman–Crippen LogP) is 3.79. The summed E-state index contributed by atoms with van der Waals surface area (Å²) in [5, 5.41) is 4.68. The lowest BCUT2D eigenvalue weighted by molar-refractivity contribution is -0.119. The maximum Gasteiger partial charge on any atom is 0.358 e. The second-order valence-electron chi connectivity index (χ2n) is 5.01. The summed E-state index contributed by atoms with van der Waals surface area (Å²) in [7, 11) is 0. The Morgan fingerprint density at radius 2 is 2.00 bits per heavy atom. The van der Waals surface area contributed by atoms with Crippen molar-refractivity contribution < 1.29 is 18.7 Å². The molecule has 0 radical (unpaired) electrons. The van der Waals surface area contributed by atoms with Gasteiger partial charge >= 0.3 is 5.97 Å². The first-order chi connectivity index (χ1) is 12.5. The maximum atomic E-state index is 13.0. The molecule has 2 heterocycles. The number of carbonyl (C=O) groups is 2. The molecular weight excluding hydrogens is 381 g/mol. The molecule has 0 saturated heterocycles. The molecule has 0 atom stereocenters. The Hall–Kier alpha value is -2.84. The average Bonchev–Trinajstić information content (AvgIpc) is 3.12. The number of anilines is 1. The van der Waals surface area contributed by atoms with Crippen molar-refractivity contribution in [1.82, 2.24) is 9.97 Å². The van der Waals surface area contributed by atoms with Crippen LogP contribution in [0.15, 0.2) is 48.0 Å². The second kappa shape index (κ2) is 8.03. The minimum Gasteiger partial charge on any atom is -0.451 e. The Labute approximate surface area is 156 Å². The molecule has 0 spiro atoms. The number of aromatic nitrogens is 2. The highest BCUT2D eigenvalue weighted by atomic mass is 35.5. The number of carbonyl (C=O) groups excluding carboxylic acids is 2. The van der Waals surface area contributed by atoms with Crippen molar-refractivity contribution >= 4 is 40.5 Å². The number of amides is 1. The van der Waals surface area contributed by atoms with E-state index in [0.29, 0.717) is 16.3 Å². The van der Waals surface area contributed by atoms with E-state index in [4.69, 9.17) is 16.3 Å². The Morgan fingerprint density at radius 1 is 1.23 bits per heavy atom. The van der Waals surface area contributed by atoms with E-state index in [9.17, 15) is 14.0 Å². The van der Waals surface area contributed by atoms with Crippen LogP contribution < -0.4 is 5.32 Å². The summed E-state index contributed by atoms with van der Waals surface area (Å²) in [4.78, 5) is 31.8. The summed E-state index contributed by atoms with van der Waals surface area (Å²) in [5.41, 5.74) is 1.07. The zero-order valence-corrected chi connectivity index (χ0v) is 14.7. The number of rotatable bonds is 5. The Morgan fingerprint density at radius 3 is 2.73 bits per heavy atom. The van der Waals surface area contributed by atoms with Gasteiger partial charge in [-0.3, -0.25) is 4.79 Å². The topological polar surface area (TPSA) is 81.2 Å². The molecule has 1 N–H and O–H groups in total. The molecule has 0 unspecified atom stereocenters. The van der Waals surface area contributed by atoms with Gasteiger partial charge in [-0.1, -0.05) is 11.6 Å². The first-order valence-corrected chi connectivity index (χ1v) is 8.57. The number of ether oxygens (including phenoxy) is 1. The Bertz CT molecular complexity index is 946. The Kier molecular flexibility index (Phi) is 5.55. The molecule has 0 aliphatic heterocycles. The summed E-state index contributed by atoms with van der Waals surface area (Å²) in [6.45, 7) is -0.493. The minimum absolute atomic E-state index is 0.0709. The lowest BCUT2D eigenvalue weighted by Gasteiger charge is -2.06. The third kappa shape index (κ3) is 4.41. The average molecular weight is 392 g/mol. The maximum absolute atomic E-state index is 13.0. The number of hydrogen-bond donors (Lipinski definition) is 1. The molecular formula is C17H11ClFN3O3S. The molecule has 3 aromatic rings. The molecule has 2 aromatic heterocycles. The van der Waals surface area contributed by atoms with Gasteiger partial charge in [0, 0.05) is 17.1 Å². The third-order valence-corrected chi connectivity index (χ3v) is 4.36. The first kappa shape index (κ1) is 18.0. The first-order valence-electron chi connectivity index (χ1n) is 7.32. The van der Waals surface area contributed by atoms with Gasteiger partial charge in [-0.15, -0.1) is 11.3 Å². The minimum atomic E-state index is -0.734. The van der Waals surface area contributed by atoms with Crippen molar-refractivity contribution in [3.63, 3.8) is 0 Å². The molecule has 0 aliphatic rings. The van der Waals surface area contributed by atoms with E-state index in [1.54, 1.807) is 24.3 Å². The van der Waals surface area contributed by atoms with Crippen LogP contribution in [-0.2, 0) is 9.53 Å². The lowest BCUT2D eigenvalue weighted by Crippen LogP contribution is -2.21. The van der Waals surface area contributed by atoms with Crippen LogP contribution in [0.4, 0.5) is 10.1 Å². The lowest BCUT2D eigenvalue weighted by atomic mass is 10.2. The van der Waals surface area contributed by atoms with Gasteiger partial charge in [-0.2, -0.15) is 0 Å². The second-order valence-corrected chi connectivity index (χ2v) is 6.23. The van der Waals surface area contributed by atoms with Crippen LogP contribution in [-0.4, -0.2) is 28.5 Å². The van der Waals surface area contributed by atoms with E-state index in [2.05, 4.69) is 15.3 Å². The fraction of sp³-hybridized carbons (Fsp3) is 0.0588. The van der Waals surface area contributed by atoms with Crippen LogP contribution in [0.5, 0.6) is 0 Å². The highest BCUT2D eigenvalue weighted by Gasteiger charge is 2.15. The Balaban J connectivity index is 1.58. The van der Waals surface area contributed by atoms with Crippen LogP contribution in [0, 0.1) is 5.82 Å². The number of benzene rings is 1. The van der Waals surface area contributed by atoms with Crippen LogP contribution in [0.25, 0.3) is 10.6 Å². The summed E-state index contributed by atoms with van der Waals surface area (Å²) < 4.78 is 17.9. The summed E-state index contributed by atoms with van der Waals surface area (Å²) in [6, 6.07) is 8.93. The highest BCUT2D eigenvalue weighted by molar-refractivity contribution is 7.13. The number of nitrogens with one attached hydrogen (secondary N) is 1. The van der Waals surface area contributed by atoms with Gasteiger partial charge < -0.3 is 10.1 Å². The fourth-order valence-corrected chi connectivity index (χ4v) is 2.93. The van der Waals surface area contributed by atoms with Crippen LogP contribution in [0.2, 0.25) is 5.15 Å². The van der Waals surface area contributed by atoms with Gasteiger partial charge in [-0.05, 0) is 36.4 Å². The molecule has 1 amide bonds. The van der Waals surface area contributed by atoms with Crippen molar-refractivity contribution in [2.45, 2.75) is 0 Å².